The fraction of sp³-hybridized carbons (Fsp3) is 0.321. The predicted molar refractivity (Wildman–Crippen MR) is 132 cm³/mol. The van der Waals surface area contributed by atoms with Gasteiger partial charge in [0, 0.05) is 12.4 Å². The molecule has 1 aliphatic rings. The molecule has 1 fully saturated rings. The number of ether oxygens (including phenoxy) is 3. The zero-order valence-electron chi connectivity index (χ0n) is 19.1. The summed E-state index contributed by atoms with van der Waals surface area (Å²) in [7, 11) is 0. The molecule has 0 aromatic heterocycles. The molecule has 1 saturated heterocycles. The van der Waals surface area contributed by atoms with Gasteiger partial charge in [-0.3, -0.25) is 0 Å². The fourth-order valence-corrected chi connectivity index (χ4v) is 4.50. The minimum absolute atomic E-state index is 0.189. The van der Waals surface area contributed by atoms with Gasteiger partial charge >= 0.3 is 6.09 Å². The smallest absolute Gasteiger partial charge is 0.410 e. The second-order valence-electron chi connectivity index (χ2n) is 8.34. The van der Waals surface area contributed by atoms with Crippen LogP contribution in [0.2, 0.25) is 0 Å². The number of carbonyl (C=O) groups excluding carboxylic acids is 1. The minimum atomic E-state index is -0.385. The van der Waals surface area contributed by atoms with Crippen LogP contribution in [0.25, 0.3) is 0 Å². The molecule has 0 unspecified atom stereocenters. The first kappa shape index (κ1) is 24.3. The average molecular weight is 480 g/mol. The highest BCUT2D eigenvalue weighted by Gasteiger charge is 2.42. The summed E-state index contributed by atoms with van der Waals surface area (Å²) in [6.45, 7) is 1.60. The van der Waals surface area contributed by atoms with E-state index in [0.717, 1.165) is 16.7 Å². The lowest BCUT2D eigenvalue weighted by Crippen LogP contribution is -2.59. The van der Waals surface area contributed by atoms with Gasteiger partial charge in [-0.1, -0.05) is 91.0 Å². The van der Waals surface area contributed by atoms with Gasteiger partial charge in [0.1, 0.15) is 12.7 Å². The lowest BCUT2D eigenvalue weighted by Gasteiger charge is -2.43. The lowest BCUT2D eigenvalue weighted by atomic mass is 9.96. The number of rotatable bonds is 9. The van der Waals surface area contributed by atoms with Crippen molar-refractivity contribution in [1.82, 2.24) is 4.90 Å². The summed E-state index contributed by atoms with van der Waals surface area (Å²) in [5.41, 5.74) is 3.09. The maximum Gasteiger partial charge on any atom is 0.410 e. The summed E-state index contributed by atoms with van der Waals surface area (Å²) < 4.78 is 18.3. The van der Waals surface area contributed by atoms with E-state index in [9.17, 15) is 4.79 Å². The standard InChI is InChI=1S/C28H30ClNO4/c29-18-25-27(33-20-23-12-6-2-7-13-23)26(32-19-22-10-4-1-5-11-22)16-17-30(25)28(31)34-21-24-14-8-3-9-15-24/h1-15,25-27H,16-21H2/t25-,26-,27-/m1/s1. The molecule has 3 atom stereocenters. The predicted octanol–water partition coefficient (Wildman–Crippen LogP) is 5.81. The van der Waals surface area contributed by atoms with Crippen LogP contribution in [0.1, 0.15) is 23.1 Å². The molecule has 0 N–H and O–H groups in total. The first-order valence-electron chi connectivity index (χ1n) is 11.6. The molecule has 0 bridgehead atoms. The number of alkyl halides is 1. The van der Waals surface area contributed by atoms with E-state index in [-0.39, 0.29) is 36.8 Å². The Morgan fingerprint density at radius 2 is 1.26 bits per heavy atom. The van der Waals surface area contributed by atoms with Crippen LogP contribution in [0, 0.1) is 0 Å². The number of hydrogen-bond donors (Lipinski definition) is 0. The van der Waals surface area contributed by atoms with Crippen molar-refractivity contribution in [1.29, 1.82) is 0 Å². The Morgan fingerprint density at radius 1 is 0.765 bits per heavy atom. The van der Waals surface area contributed by atoms with E-state index < -0.39 is 0 Å². The molecule has 3 aromatic carbocycles. The molecule has 0 radical (unpaired) electrons. The van der Waals surface area contributed by atoms with E-state index in [0.29, 0.717) is 26.2 Å². The molecule has 0 saturated carbocycles. The van der Waals surface area contributed by atoms with Crippen molar-refractivity contribution in [2.24, 2.45) is 0 Å². The average Bonchev–Trinajstić information content (AvgIpc) is 2.90. The van der Waals surface area contributed by atoms with Crippen LogP contribution in [-0.4, -0.2) is 41.7 Å². The van der Waals surface area contributed by atoms with E-state index in [1.54, 1.807) is 4.90 Å². The zero-order valence-corrected chi connectivity index (χ0v) is 19.8. The fourth-order valence-electron chi connectivity index (χ4n) is 4.16. The van der Waals surface area contributed by atoms with E-state index in [4.69, 9.17) is 25.8 Å². The second kappa shape index (κ2) is 12.6. The number of benzene rings is 3. The topological polar surface area (TPSA) is 48.0 Å². The summed E-state index contributed by atoms with van der Waals surface area (Å²) in [5, 5.41) is 0. The normalized spacial score (nSPS) is 20.1. The van der Waals surface area contributed by atoms with E-state index in [2.05, 4.69) is 0 Å². The maximum atomic E-state index is 13.0. The van der Waals surface area contributed by atoms with Crippen LogP contribution in [0.3, 0.4) is 0 Å². The van der Waals surface area contributed by atoms with Gasteiger partial charge in [0.15, 0.2) is 0 Å². The van der Waals surface area contributed by atoms with E-state index in [1.165, 1.54) is 0 Å². The van der Waals surface area contributed by atoms with Crippen LogP contribution >= 0.6 is 11.6 Å². The van der Waals surface area contributed by atoms with Gasteiger partial charge in [0.05, 0.1) is 25.4 Å². The first-order chi connectivity index (χ1) is 16.7. The van der Waals surface area contributed by atoms with Crippen LogP contribution in [0.4, 0.5) is 4.79 Å². The maximum absolute atomic E-state index is 13.0. The molecular weight excluding hydrogens is 450 g/mol. The van der Waals surface area contributed by atoms with Crippen molar-refractivity contribution >= 4 is 17.7 Å². The first-order valence-corrected chi connectivity index (χ1v) is 12.1. The zero-order chi connectivity index (χ0) is 23.6. The van der Waals surface area contributed by atoms with Crippen molar-refractivity contribution in [3.8, 4) is 0 Å². The third-order valence-corrected chi connectivity index (χ3v) is 6.31. The summed E-state index contributed by atoms with van der Waals surface area (Å²) >= 11 is 6.41. The molecule has 0 spiro atoms. The molecule has 6 heteroatoms. The number of carbonyl (C=O) groups is 1. The summed E-state index contributed by atoms with van der Waals surface area (Å²) in [6.07, 6.45) is -0.310. The Bertz CT molecular complexity index is 1000. The Morgan fingerprint density at radius 3 is 1.79 bits per heavy atom. The van der Waals surface area contributed by atoms with Crippen molar-refractivity contribution in [3.05, 3.63) is 108 Å². The highest BCUT2D eigenvalue weighted by molar-refractivity contribution is 6.18. The van der Waals surface area contributed by atoms with Crippen molar-refractivity contribution in [3.63, 3.8) is 0 Å². The molecule has 34 heavy (non-hydrogen) atoms. The number of nitrogens with zero attached hydrogens (tertiary/aromatic N) is 1. The number of piperidine rings is 1. The van der Waals surface area contributed by atoms with Crippen LogP contribution in [0.5, 0.6) is 0 Å². The van der Waals surface area contributed by atoms with E-state index >= 15 is 0 Å². The quantitative estimate of drug-likeness (QED) is 0.363. The molecule has 5 nitrogen and oxygen atoms in total. The highest BCUT2D eigenvalue weighted by Crippen LogP contribution is 2.27. The van der Waals surface area contributed by atoms with Gasteiger partial charge in [-0.15, -0.1) is 11.6 Å². The largest absolute Gasteiger partial charge is 0.445 e. The molecule has 3 aromatic rings. The van der Waals surface area contributed by atoms with Crippen LogP contribution < -0.4 is 0 Å². The summed E-state index contributed by atoms with van der Waals surface area (Å²) in [5.74, 6) is 0.227. The van der Waals surface area contributed by atoms with Gasteiger partial charge in [0.2, 0.25) is 0 Å². The van der Waals surface area contributed by atoms with Crippen molar-refractivity contribution < 1.29 is 19.0 Å². The monoisotopic (exact) mass is 479 g/mol. The lowest BCUT2D eigenvalue weighted by molar-refractivity contribution is -0.135. The third-order valence-electron chi connectivity index (χ3n) is 5.99. The van der Waals surface area contributed by atoms with Gasteiger partial charge < -0.3 is 19.1 Å². The van der Waals surface area contributed by atoms with Gasteiger partial charge in [-0.25, -0.2) is 4.79 Å². The van der Waals surface area contributed by atoms with Crippen LogP contribution in [-0.2, 0) is 34.0 Å². The third kappa shape index (κ3) is 6.60. The minimum Gasteiger partial charge on any atom is -0.445 e. The van der Waals surface area contributed by atoms with Crippen molar-refractivity contribution in [2.75, 3.05) is 12.4 Å². The molecule has 4 rings (SSSR count). The molecular formula is C28H30ClNO4. The molecule has 1 amide bonds. The molecule has 178 valence electrons. The number of amides is 1. The number of hydrogen-bond acceptors (Lipinski definition) is 4. The Kier molecular flexibility index (Phi) is 8.97. The second-order valence-corrected chi connectivity index (χ2v) is 8.65. The van der Waals surface area contributed by atoms with Gasteiger partial charge in [0.25, 0.3) is 0 Å². The summed E-state index contributed by atoms with van der Waals surface area (Å²) in [6, 6.07) is 29.3. The molecule has 1 aliphatic heterocycles. The number of likely N-dealkylation sites (tertiary alicyclic amines) is 1. The highest BCUT2D eigenvalue weighted by atomic mass is 35.5. The molecule has 0 aliphatic carbocycles. The summed E-state index contributed by atoms with van der Waals surface area (Å²) in [4.78, 5) is 14.7. The Hall–Kier alpha value is -2.86. The van der Waals surface area contributed by atoms with Gasteiger partial charge in [-0.05, 0) is 23.1 Å². The van der Waals surface area contributed by atoms with Crippen LogP contribution in [0.15, 0.2) is 91.0 Å². The Balaban J connectivity index is 1.45. The Labute approximate surface area is 206 Å². The number of halogens is 1. The van der Waals surface area contributed by atoms with Crippen molar-refractivity contribution in [2.45, 2.75) is 44.5 Å². The van der Waals surface area contributed by atoms with E-state index in [1.807, 2.05) is 91.0 Å². The van der Waals surface area contributed by atoms with Gasteiger partial charge in [-0.2, -0.15) is 0 Å². The molecule has 1 heterocycles. The SMILES string of the molecule is O=C(OCc1ccccc1)N1CC[C@@H](OCc2ccccc2)[C@H](OCc2ccccc2)[C@H]1CCl.